The number of imidazole rings is 1. The third-order valence-corrected chi connectivity index (χ3v) is 4.30. The van der Waals surface area contributed by atoms with Crippen LogP contribution in [0.4, 0.5) is 11.6 Å². The minimum atomic E-state index is -0.491. The molecule has 4 N–H and O–H groups in total. The quantitative estimate of drug-likeness (QED) is 0.402. The van der Waals surface area contributed by atoms with Gasteiger partial charge >= 0.3 is 5.69 Å². The molecule has 4 aromatic rings. The lowest BCUT2D eigenvalue weighted by atomic mass is 10.3. The molecule has 0 spiro atoms. The van der Waals surface area contributed by atoms with Gasteiger partial charge in [-0.25, -0.2) is 14.8 Å². The largest absolute Gasteiger partial charge is 0.493 e. The minimum absolute atomic E-state index is 0.241. The van der Waals surface area contributed by atoms with Crippen molar-refractivity contribution >= 4 is 23.4 Å². The van der Waals surface area contributed by atoms with Gasteiger partial charge < -0.3 is 15.4 Å². The summed E-state index contributed by atoms with van der Waals surface area (Å²) in [6.07, 6.45) is 7.04. The van der Waals surface area contributed by atoms with E-state index in [0.29, 0.717) is 34.0 Å². The summed E-state index contributed by atoms with van der Waals surface area (Å²) in [5.74, 6) is 0.997. The third-order valence-electron chi connectivity index (χ3n) is 4.30. The summed E-state index contributed by atoms with van der Waals surface area (Å²) in [6, 6.07) is 7.69. The molecule has 140 valence electrons. The molecule has 1 saturated carbocycles. The van der Waals surface area contributed by atoms with E-state index in [1.54, 1.807) is 23.0 Å². The van der Waals surface area contributed by atoms with Crippen LogP contribution in [0.25, 0.3) is 11.7 Å². The molecule has 1 fully saturated rings. The van der Waals surface area contributed by atoms with Crippen LogP contribution in [0.3, 0.4) is 0 Å². The molecule has 0 atom stereocenters. The molecule has 0 radical (unpaired) electrons. The Hall–Kier alpha value is -3.95. The van der Waals surface area contributed by atoms with Crippen molar-refractivity contribution < 1.29 is 5.11 Å². The zero-order valence-corrected chi connectivity index (χ0v) is 14.6. The Morgan fingerprint density at radius 1 is 1.29 bits per heavy atom. The summed E-state index contributed by atoms with van der Waals surface area (Å²) in [5.41, 5.74) is 0.986. The highest BCUT2D eigenvalue weighted by Gasteiger charge is 2.20. The smallest absolute Gasteiger partial charge is 0.326 e. The number of rotatable bonds is 4. The fraction of sp³-hybridized carbons (Fsp3) is 0.167. The molecule has 10 nitrogen and oxygen atoms in total. The minimum Gasteiger partial charge on any atom is -0.493 e. The number of aromatic amines is 2. The van der Waals surface area contributed by atoms with Crippen molar-refractivity contribution in [2.75, 3.05) is 5.32 Å². The molecule has 5 rings (SSSR count). The van der Waals surface area contributed by atoms with Crippen LogP contribution in [0.15, 0.2) is 46.4 Å². The maximum atomic E-state index is 11.4. The number of aromatic hydroxyl groups is 1. The van der Waals surface area contributed by atoms with E-state index < -0.39 is 5.69 Å². The Bertz CT molecular complexity index is 1330. The summed E-state index contributed by atoms with van der Waals surface area (Å²) >= 11 is 0. The number of nitrogens with one attached hydrogen (secondary N) is 3. The number of hydrogen-bond donors (Lipinski definition) is 4. The SMILES string of the molecule is O=c1[nH]c(O)c(C=c2cnn3c(=NC4CC4)cc(Nc4ccccn4)nc23)[nH]1. The number of anilines is 2. The van der Waals surface area contributed by atoms with Gasteiger partial charge in [0, 0.05) is 17.5 Å². The number of fused-ring (bicyclic) bond motifs is 1. The lowest BCUT2D eigenvalue weighted by Gasteiger charge is -2.05. The second-order valence-electron chi connectivity index (χ2n) is 6.52. The van der Waals surface area contributed by atoms with Gasteiger partial charge in [0.15, 0.2) is 11.1 Å². The molecule has 0 bridgehead atoms. The predicted molar refractivity (Wildman–Crippen MR) is 101 cm³/mol. The summed E-state index contributed by atoms with van der Waals surface area (Å²) in [5, 5.41) is 18.0. The van der Waals surface area contributed by atoms with Gasteiger partial charge in [-0.1, -0.05) is 6.07 Å². The first-order valence-electron chi connectivity index (χ1n) is 8.79. The molecule has 28 heavy (non-hydrogen) atoms. The number of nitrogens with zero attached hydrogens (tertiary/aromatic N) is 5. The van der Waals surface area contributed by atoms with E-state index in [2.05, 4.69) is 30.4 Å². The maximum Gasteiger partial charge on any atom is 0.326 e. The maximum absolute atomic E-state index is 11.4. The lowest BCUT2D eigenvalue weighted by molar-refractivity contribution is 0.454. The standard InChI is InChI=1S/C18H16N8O2/c27-17-12(22-18(28)25-17)7-10-9-20-26-15(21-11-4-5-11)8-14(24-16(10)26)23-13-3-1-2-6-19-13/h1-3,6-9,11,27H,4-5H2,(H,19,23)(H2,22,25,28). The van der Waals surface area contributed by atoms with Gasteiger partial charge in [-0.2, -0.15) is 9.61 Å². The van der Waals surface area contributed by atoms with Crippen molar-refractivity contribution in [2.45, 2.75) is 18.9 Å². The van der Waals surface area contributed by atoms with E-state index in [0.717, 1.165) is 12.8 Å². The molecular formula is C18H16N8O2. The van der Waals surface area contributed by atoms with E-state index in [1.807, 2.05) is 24.3 Å². The molecule has 0 aromatic carbocycles. The van der Waals surface area contributed by atoms with Gasteiger partial charge in [0.05, 0.1) is 12.2 Å². The molecule has 4 aromatic heterocycles. The highest BCUT2D eigenvalue weighted by Crippen LogP contribution is 2.22. The number of H-pyrrole nitrogens is 2. The molecule has 0 amide bonds. The van der Waals surface area contributed by atoms with Gasteiger partial charge in [-0.05, 0) is 31.1 Å². The summed E-state index contributed by atoms with van der Waals surface area (Å²) in [7, 11) is 0. The van der Waals surface area contributed by atoms with E-state index >= 15 is 0 Å². The van der Waals surface area contributed by atoms with Gasteiger partial charge in [-0.15, -0.1) is 0 Å². The Labute approximate surface area is 157 Å². The van der Waals surface area contributed by atoms with Crippen molar-refractivity contribution in [1.29, 1.82) is 0 Å². The van der Waals surface area contributed by atoms with Crippen molar-refractivity contribution in [3.8, 4) is 5.88 Å². The second-order valence-corrected chi connectivity index (χ2v) is 6.52. The topological polar surface area (TPSA) is 136 Å². The van der Waals surface area contributed by atoms with Gasteiger partial charge in [0.1, 0.15) is 17.3 Å². The average molecular weight is 376 g/mol. The molecule has 1 aliphatic carbocycles. The molecule has 0 saturated heterocycles. The van der Waals surface area contributed by atoms with Crippen LogP contribution in [-0.4, -0.2) is 40.7 Å². The fourth-order valence-corrected chi connectivity index (χ4v) is 2.83. The second kappa shape index (κ2) is 6.34. The Morgan fingerprint density at radius 2 is 2.18 bits per heavy atom. The van der Waals surface area contributed by atoms with Crippen molar-refractivity contribution in [1.82, 2.24) is 29.5 Å². The summed E-state index contributed by atoms with van der Waals surface area (Å²) in [4.78, 5) is 29.8. The average Bonchev–Trinajstić information content (AvgIpc) is 3.32. The first-order chi connectivity index (χ1) is 13.7. The Kier molecular flexibility index (Phi) is 3.68. The van der Waals surface area contributed by atoms with Gasteiger partial charge in [0.25, 0.3) is 0 Å². The molecule has 10 heteroatoms. The van der Waals surface area contributed by atoms with Crippen molar-refractivity contribution in [2.24, 2.45) is 4.99 Å². The van der Waals surface area contributed by atoms with Gasteiger partial charge in [-0.3, -0.25) is 9.98 Å². The molecule has 0 unspecified atom stereocenters. The zero-order valence-electron chi connectivity index (χ0n) is 14.6. The number of pyridine rings is 1. The van der Waals surface area contributed by atoms with Crippen LogP contribution in [-0.2, 0) is 0 Å². The molecular weight excluding hydrogens is 360 g/mol. The van der Waals surface area contributed by atoms with Gasteiger partial charge in [0.2, 0.25) is 5.88 Å². The van der Waals surface area contributed by atoms with E-state index in [9.17, 15) is 9.90 Å². The van der Waals surface area contributed by atoms with Crippen LogP contribution in [0.1, 0.15) is 18.5 Å². The molecule has 1 aliphatic rings. The Morgan fingerprint density at radius 3 is 2.89 bits per heavy atom. The zero-order chi connectivity index (χ0) is 19.1. The first-order valence-corrected chi connectivity index (χ1v) is 8.79. The third kappa shape index (κ3) is 3.11. The highest BCUT2D eigenvalue weighted by molar-refractivity contribution is 5.59. The van der Waals surface area contributed by atoms with E-state index in [4.69, 9.17) is 4.99 Å². The fourth-order valence-electron chi connectivity index (χ4n) is 2.83. The lowest BCUT2D eigenvalue weighted by Crippen LogP contribution is -2.20. The van der Waals surface area contributed by atoms with Crippen LogP contribution in [0.2, 0.25) is 0 Å². The number of hydrogen-bond acceptors (Lipinski definition) is 7. The summed E-state index contributed by atoms with van der Waals surface area (Å²) < 4.78 is 1.65. The van der Waals surface area contributed by atoms with Crippen LogP contribution < -0.4 is 21.7 Å². The summed E-state index contributed by atoms with van der Waals surface area (Å²) in [6.45, 7) is 0. The first kappa shape index (κ1) is 16.2. The monoisotopic (exact) mass is 376 g/mol. The van der Waals surface area contributed by atoms with E-state index in [1.165, 1.54) is 0 Å². The van der Waals surface area contributed by atoms with Crippen molar-refractivity contribution in [3.05, 3.63) is 63.5 Å². The van der Waals surface area contributed by atoms with Crippen LogP contribution >= 0.6 is 0 Å². The normalized spacial score (nSPS) is 15.4. The van der Waals surface area contributed by atoms with Crippen molar-refractivity contribution in [3.63, 3.8) is 0 Å². The predicted octanol–water partition coefficient (Wildman–Crippen LogP) is 0.201. The van der Waals surface area contributed by atoms with E-state index in [-0.39, 0.29) is 11.6 Å². The number of aromatic nitrogens is 6. The highest BCUT2D eigenvalue weighted by atomic mass is 16.3. The van der Waals surface area contributed by atoms with Crippen LogP contribution in [0, 0.1) is 0 Å². The molecule has 0 aliphatic heterocycles. The van der Waals surface area contributed by atoms with Crippen LogP contribution in [0.5, 0.6) is 5.88 Å². The Balaban J connectivity index is 1.70. The molecule has 4 heterocycles.